The third kappa shape index (κ3) is 9.29. The van der Waals surface area contributed by atoms with Crippen molar-refractivity contribution >= 4 is 29.9 Å². The van der Waals surface area contributed by atoms with E-state index in [9.17, 15) is 18.3 Å². The fourth-order valence-electron chi connectivity index (χ4n) is 2.56. The first-order valence-electron chi connectivity index (χ1n) is 9.70. The largest absolute Gasteiger partial charge is 0.491 e. The summed E-state index contributed by atoms with van der Waals surface area (Å²) in [5.41, 5.74) is -0.751. The van der Waals surface area contributed by atoms with Crippen LogP contribution in [0.3, 0.4) is 0 Å². The van der Waals surface area contributed by atoms with Crippen LogP contribution in [0.1, 0.15) is 25.2 Å². The third-order valence-corrected chi connectivity index (χ3v) is 4.09. The number of aliphatic hydroxyl groups is 1. The zero-order valence-corrected chi connectivity index (χ0v) is 19.7. The quantitative estimate of drug-likeness (QED) is 0.237. The highest BCUT2D eigenvalue weighted by Crippen LogP contribution is 2.30. The Kier molecular flexibility index (Phi) is 11.6. The second kappa shape index (κ2) is 13.3. The summed E-state index contributed by atoms with van der Waals surface area (Å²) in [6.45, 7) is 5.83. The minimum Gasteiger partial charge on any atom is -0.491 e. The van der Waals surface area contributed by atoms with Gasteiger partial charge in [0, 0.05) is 26.1 Å². The molecule has 1 atom stereocenters. The molecule has 0 saturated heterocycles. The molecule has 1 aromatic heterocycles. The normalized spacial score (nSPS) is 12.8. The summed E-state index contributed by atoms with van der Waals surface area (Å²) < 4.78 is 45.0. The number of hydrogen-bond donors (Lipinski definition) is 3. The van der Waals surface area contributed by atoms with Crippen LogP contribution in [0.4, 0.5) is 13.2 Å². The van der Waals surface area contributed by atoms with Gasteiger partial charge in [-0.3, -0.25) is 4.99 Å². The smallest absolute Gasteiger partial charge is 0.416 e. The van der Waals surface area contributed by atoms with E-state index in [1.54, 1.807) is 6.33 Å². The number of aromatic nitrogens is 3. The molecular weight excluding hydrogens is 528 g/mol. The molecule has 1 heterocycles. The Morgan fingerprint density at radius 2 is 1.94 bits per heavy atom. The van der Waals surface area contributed by atoms with Crippen LogP contribution in [0.2, 0.25) is 0 Å². The van der Waals surface area contributed by atoms with Gasteiger partial charge in [-0.1, -0.05) is 6.92 Å². The van der Waals surface area contributed by atoms with Crippen LogP contribution in [0, 0.1) is 0 Å². The monoisotopic (exact) mass is 556 g/mol. The van der Waals surface area contributed by atoms with E-state index in [1.807, 2.05) is 18.4 Å². The molecule has 0 saturated carbocycles. The number of halogens is 4. The van der Waals surface area contributed by atoms with E-state index in [2.05, 4.69) is 25.8 Å². The number of nitrogens with zero attached hydrogens (tertiary/aromatic N) is 4. The zero-order chi connectivity index (χ0) is 22.0. The van der Waals surface area contributed by atoms with Gasteiger partial charge in [-0.15, -0.1) is 34.2 Å². The van der Waals surface area contributed by atoms with Crippen molar-refractivity contribution in [3.8, 4) is 5.75 Å². The summed E-state index contributed by atoms with van der Waals surface area (Å²) in [6, 6.07) is 4.32. The maximum atomic E-state index is 12.6. The molecule has 0 radical (unpaired) electrons. The van der Waals surface area contributed by atoms with E-state index in [0.29, 0.717) is 25.6 Å². The minimum absolute atomic E-state index is 0. The van der Waals surface area contributed by atoms with Crippen LogP contribution in [-0.4, -0.2) is 58.2 Å². The summed E-state index contributed by atoms with van der Waals surface area (Å²) in [6.07, 6.45) is -2.84. The molecule has 0 amide bonds. The predicted octanol–water partition coefficient (Wildman–Crippen LogP) is 2.47. The van der Waals surface area contributed by atoms with Crippen LogP contribution in [0.5, 0.6) is 5.75 Å². The van der Waals surface area contributed by atoms with Crippen LogP contribution in [0.25, 0.3) is 0 Å². The number of aryl methyl sites for hydroxylation is 1. The Morgan fingerprint density at radius 3 is 2.55 bits per heavy atom. The first-order valence-corrected chi connectivity index (χ1v) is 9.70. The lowest BCUT2D eigenvalue weighted by Gasteiger charge is -2.14. The van der Waals surface area contributed by atoms with Gasteiger partial charge < -0.3 is 25.0 Å². The lowest BCUT2D eigenvalue weighted by atomic mass is 10.2. The minimum atomic E-state index is -4.39. The van der Waals surface area contributed by atoms with Gasteiger partial charge in [0.2, 0.25) is 0 Å². The Hall–Kier alpha value is -2.09. The number of aliphatic imine (C=N–C) groups is 1. The van der Waals surface area contributed by atoms with Crippen molar-refractivity contribution < 1.29 is 23.0 Å². The summed E-state index contributed by atoms with van der Waals surface area (Å²) in [4.78, 5) is 4.31. The highest BCUT2D eigenvalue weighted by atomic mass is 127. The number of aliphatic hydroxyl groups excluding tert-OH is 1. The molecule has 0 bridgehead atoms. The number of nitrogens with one attached hydrogen (secondary N) is 2. The van der Waals surface area contributed by atoms with Gasteiger partial charge in [0.1, 0.15) is 30.6 Å². The number of guanidine groups is 1. The Balaban J connectivity index is 0.00000480. The van der Waals surface area contributed by atoms with E-state index in [-0.39, 0.29) is 42.9 Å². The number of hydrogen-bond acceptors (Lipinski definition) is 5. The first kappa shape index (κ1) is 26.9. The topological polar surface area (TPSA) is 96.6 Å². The van der Waals surface area contributed by atoms with Gasteiger partial charge >= 0.3 is 6.18 Å². The van der Waals surface area contributed by atoms with Crippen molar-refractivity contribution in [1.29, 1.82) is 0 Å². The van der Waals surface area contributed by atoms with Crippen molar-refractivity contribution in [1.82, 2.24) is 25.4 Å². The van der Waals surface area contributed by atoms with Gasteiger partial charge in [-0.2, -0.15) is 13.2 Å². The fraction of sp³-hybridized carbons (Fsp3) is 0.526. The van der Waals surface area contributed by atoms with E-state index < -0.39 is 17.8 Å². The first-order chi connectivity index (χ1) is 14.3. The third-order valence-electron chi connectivity index (χ3n) is 4.09. The molecule has 2 rings (SSSR count). The molecule has 2 aromatic rings. The maximum absolute atomic E-state index is 12.6. The van der Waals surface area contributed by atoms with Crippen LogP contribution >= 0.6 is 24.0 Å². The molecule has 3 N–H and O–H groups in total. The second-order valence-electron chi connectivity index (χ2n) is 6.43. The summed E-state index contributed by atoms with van der Waals surface area (Å²) in [7, 11) is 0. The second-order valence-corrected chi connectivity index (χ2v) is 6.43. The summed E-state index contributed by atoms with van der Waals surface area (Å²) in [5, 5.41) is 24.2. The molecule has 1 unspecified atom stereocenters. The molecule has 8 nitrogen and oxygen atoms in total. The highest BCUT2D eigenvalue weighted by Gasteiger charge is 2.30. The van der Waals surface area contributed by atoms with Gasteiger partial charge in [0.15, 0.2) is 5.96 Å². The van der Waals surface area contributed by atoms with Crippen LogP contribution in [0.15, 0.2) is 35.6 Å². The van der Waals surface area contributed by atoms with Crippen molar-refractivity contribution in [2.24, 2.45) is 4.99 Å². The molecule has 12 heteroatoms. The molecule has 174 valence electrons. The van der Waals surface area contributed by atoms with Gasteiger partial charge in [0.05, 0.1) is 12.1 Å². The predicted molar refractivity (Wildman–Crippen MR) is 122 cm³/mol. The number of benzene rings is 1. The van der Waals surface area contributed by atoms with Gasteiger partial charge in [-0.25, -0.2) is 0 Å². The highest BCUT2D eigenvalue weighted by molar-refractivity contribution is 14.0. The number of ether oxygens (including phenoxy) is 1. The molecule has 0 aliphatic carbocycles. The molecule has 1 aromatic carbocycles. The van der Waals surface area contributed by atoms with E-state index >= 15 is 0 Å². The van der Waals surface area contributed by atoms with Gasteiger partial charge in [-0.05, 0) is 31.2 Å². The maximum Gasteiger partial charge on any atom is 0.416 e. The molecule has 0 aliphatic heterocycles. The Morgan fingerprint density at radius 1 is 1.23 bits per heavy atom. The molecule has 0 aliphatic rings. The van der Waals surface area contributed by atoms with Crippen molar-refractivity contribution in [2.75, 3.05) is 26.2 Å². The fourth-order valence-corrected chi connectivity index (χ4v) is 2.56. The van der Waals surface area contributed by atoms with E-state index in [1.165, 1.54) is 12.1 Å². The van der Waals surface area contributed by atoms with Crippen LogP contribution < -0.4 is 15.4 Å². The molecule has 0 fully saturated rings. The number of rotatable bonds is 10. The Bertz CT molecular complexity index is 799. The Labute approximate surface area is 196 Å². The average Bonchev–Trinajstić information content (AvgIpc) is 3.17. The van der Waals surface area contributed by atoms with Crippen molar-refractivity contribution in [3.63, 3.8) is 0 Å². The molecule has 31 heavy (non-hydrogen) atoms. The lowest BCUT2D eigenvalue weighted by Crippen LogP contribution is -2.39. The number of alkyl halides is 3. The molecular formula is C19H28F3IN6O2. The average molecular weight is 556 g/mol. The lowest BCUT2D eigenvalue weighted by molar-refractivity contribution is -0.137. The van der Waals surface area contributed by atoms with Crippen LogP contribution in [-0.2, 0) is 19.1 Å². The van der Waals surface area contributed by atoms with Crippen molar-refractivity contribution in [2.45, 2.75) is 39.1 Å². The standard InChI is InChI=1S/C19H27F3N6O2.HI/c1-3-17-27-26-13-28(17)10-9-24-18(23-4-2)25-11-15(29)12-30-16-7-5-14(6-8-16)19(20,21)22;/h5-8,13,15,29H,3-4,9-12H2,1-2H3,(H2,23,24,25);1H. The van der Waals surface area contributed by atoms with E-state index in [4.69, 9.17) is 4.74 Å². The SMILES string of the molecule is CCNC(=NCC(O)COc1ccc(C(F)(F)F)cc1)NCCn1cnnc1CC.I. The van der Waals surface area contributed by atoms with E-state index in [0.717, 1.165) is 24.4 Å². The van der Waals surface area contributed by atoms with Gasteiger partial charge in [0.25, 0.3) is 0 Å². The summed E-state index contributed by atoms with van der Waals surface area (Å²) in [5.74, 6) is 1.68. The zero-order valence-electron chi connectivity index (χ0n) is 17.4. The molecule has 0 spiro atoms. The van der Waals surface area contributed by atoms with Crippen molar-refractivity contribution in [3.05, 3.63) is 42.0 Å². The summed E-state index contributed by atoms with van der Waals surface area (Å²) >= 11 is 0.